The molecular formula is C28H21ClN2O6S. The highest BCUT2D eigenvalue weighted by atomic mass is 35.5. The number of carboxylic acid groups (broad SMARTS) is 1. The van der Waals surface area contributed by atoms with E-state index in [9.17, 15) is 19.5 Å². The Morgan fingerprint density at radius 2 is 1.95 bits per heavy atom. The molecule has 1 N–H and O–H groups in total. The third-order valence-electron chi connectivity index (χ3n) is 6.01. The second kappa shape index (κ2) is 10.3. The molecule has 2 aromatic heterocycles. The van der Waals surface area contributed by atoms with Crippen molar-refractivity contribution in [1.29, 1.82) is 0 Å². The van der Waals surface area contributed by atoms with Crippen LogP contribution in [0.3, 0.4) is 0 Å². The molecule has 2 aromatic carbocycles. The van der Waals surface area contributed by atoms with Crippen LogP contribution in [0.5, 0.6) is 0 Å². The van der Waals surface area contributed by atoms with E-state index in [4.69, 9.17) is 20.8 Å². The van der Waals surface area contributed by atoms with Crippen LogP contribution < -0.4 is 14.9 Å². The van der Waals surface area contributed by atoms with E-state index in [-0.39, 0.29) is 17.7 Å². The molecule has 192 valence electrons. The van der Waals surface area contributed by atoms with Crippen LogP contribution in [0.2, 0.25) is 5.02 Å². The number of rotatable bonds is 6. The zero-order valence-corrected chi connectivity index (χ0v) is 21.9. The molecular weight excluding hydrogens is 528 g/mol. The van der Waals surface area contributed by atoms with E-state index in [0.717, 1.165) is 5.56 Å². The summed E-state index contributed by atoms with van der Waals surface area (Å²) in [5.74, 6) is -0.867. The topological polar surface area (TPSA) is 111 Å². The fourth-order valence-corrected chi connectivity index (χ4v) is 5.53. The lowest BCUT2D eigenvalue weighted by Gasteiger charge is -2.24. The number of aromatic nitrogens is 1. The molecule has 1 aliphatic heterocycles. The van der Waals surface area contributed by atoms with Crippen molar-refractivity contribution in [2.45, 2.75) is 19.9 Å². The molecule has 1 aliphatic rings. The van der Waals surface area contributed by atoms with Gasteiger partial charge < -0.3 is 14.3 Å². The van der Waals surface area contributed by atoms with Gasteiger partial charge in [-0.15, -0.1) is 0 Å². The normalized spacial score (nSPS) is 15.2. The van der Waals surface area contributed by atoms with Gasteiger partial charge in [-0.2, -0.15) is 0 Å². The third-order valence-corrected chi connectivity index (χ3v) is 7.32. The Bertz CT molecular complexity index is 1780. The molecule has 8 nitrogen and oxygen atoms in total. The lowest BCUT2D eigenvalue weighted by molar-refractivity contribution is -0.139. The van der Waals surface area contributed by atoms with E-state index >= 15 is 0 Å². The largest absolute Gasteiger partial charge is 0.478 e. The Morgan fingerprint density at radius 3 is 2.66 bits per heavy atom. The zero-order valence-electron chi connectivity index (χ0n) is 20.3. The van der Waals surface area contributed by atoms with Crippen molar-refractivity contribution in [3.8, 4) is 11.3 Å². The highest BCUT2D eigenvalue weighted by Gasteiger charge is 2.33. The highest BCUT2D eigenvalue weighted by molar-refractivity contribution is 7.07. The number of benzene rings is 2. The number of halogens is 1. The van der Waals surface area contributed by atoms with Gasteiger partial charge in [-0.3, -0.25) is 9.36 Å². The molecule has 0 spiro atoms. The van der Waals surface area contributed by atoms with Crippen LogP contribution in [0.25, 0.3) is 17.4 Å². The smallest absolute Gasteiger partial charge is 0.338 e. The maximum atomic E-state index is 13.7. The number of carboxylic acids is 1. The minimum absolute atomic E-state index is 0.0735. The first-order valence-corrected chi connectivity index (χ1v) is 12.9. The molecule has 4 aromatic rings. The van der Waals surface area contributed by atoms with Crippen molar-refractivity contribution >= 4 is 41.0 Å². The minimum atomic E-state index is -1.08. The second-order valence-electron chi connectivity index (χ2n) is 8.41. The Labute approximate surface area is 225 Å². The highest BCUT2D eigenvalue weighted by Crippen LogP contribution is 2.32. The molecule has 0 saturated carbocycles. The predicted octanol–water partition coefficient (Wildman–Crippen LogP) is 4.41. The number of ether oxygens (including phenoxy) is 1. The van der Waals surface area contributed by atoms with Crippen LogP contribution in [0.1, 0.15) is 41.6 Å². The van der Waals surface area contributed by atoms with Gasteiger partial charge in [0.05, 0.1) is 39.0 Å². The monoisotopic (exact) mass is 548 g/mol. The standard InChI is InChI=1S/C28H21ClN2O6S/c1-3-36-27(35)23-15(2)30-28-31(24(23)16-7-5-4-6-8-16)25(32)22(38-28)14-18-10-12-21(37-18)19-13-17(26(33)34)9-11-20(19)29/h4-14,24H,3H2,1-2H3,(H,33,34)/b22-14-/t24-/m1/s1. The predicted molar refractivity (Wildman–Crippen MR) is 143 cm³/mol. The molecule has 3 heterocycles. The first-order valence-electron chi connectivity index (χ1n) is 11.7. The number of hydrogen-bond acceptors (Lipinski definition) is 7. The van der Waals surface area contributed by atoms with E-state index in [1.54, 1.807) is 32.1 Å². The Balaban J connectivity index is 1.62. The Kier molecular flexibility index (Phi) is 6.88. The first kappa shape index (κ1) is 25.4. The maximum Gasteiger partial charge on any atom is 0.338 e. The van der Waals surface area contributed by atoms with Crippen molar-refractivity contribution in [3.05, 3.63) is 114 Å². The average Bonchev–Trinajstić information content (AvgIpc) is 3.48. The van der Waals surface area contributed by atoms with Gasteiger partial charge in [0.1, 0.15) is 11.5 Å². The van der Waals surface area contributed by atoms with Crippen molar-refractivity contribution < 1.29 is 23.8 Å². The average molecular weight is 549 g/mol. The van der Waals surface area contributed by atoms with Gasteiger partial charge in [-0.05, 0) is 49.7 Å². The minimum Gasteiger partial charge on any atom is -0.478 e. The molecule has 0 bridgehead atoms. The number of nitrogens with zero attached hydrogens (tertiary/aromatic N) is 2. The fourth-order valence-electron chi connectivity index (χ4n) is 4.29. The number of furan rings is 1. The number of hydrogen-bond donors (Lipinski definition) is 1. The molecule has 0 aliphatic carbocycles. The van der Waals surface area contributed by atoms with Crippen molar-refractivity contribution in [2.75, 3.05) is 6.61 Å². The SMILES string of the molecule is CCOC(=O)C1=C(C)N=c2s/c(=C\c3ccc(-c4cc(C(=O)O)ccc4Cl)o3)c(=O)n2[C@@H]1c1ccccc1. The summed E-state index contributed by atoms with van der Waals surface area (Å²) in [7, 11) is 0. The summed E-state index contributed by atoms with van der Waals surface area (Å²) >= 11 is 7.46. The van der Waals surface area contributed by atoms with Crippen LogP contribution in [0.4, 0.5) is 0 Å². The van der Waals surface area contributed by atoms with Crippen molar-refractivity contribution in [1.82, 2.24) is 4.57 Å². The van der Waals surface area contributed by atoms with Crippen LogP contribution in [0, 0.1) is 0 Å². The zero-order chi connectivity index (χ0) is 27.0. The van der Waals surface area contributed by atoms with Gasteiger partial charge in [-0.25, -0.2) is 14.6 Å². The first-order chi connectivity index (χ1) is 18.3. The van der Waals surface area contributed by atoms with E-state index in [2.05, 4.69) is 4.99 Å². The number of carbonyl (C=O) groups excluding carboxylic acids is 1. The summed E-state index contributed by atoms with van der Waals surface area (Å²) in [6, 6.07) is 16.2. The van der Waals surface area contributed by atoms with Gasteiger partial charge in [0.15, 0.2) is 4.80 Å². The fraction of sp³-hybridized carbons (Fsp3) is 0.143. The summed E-state index contributed by atoms with van der Waals surface area (Å²) in [5, 5.41) is 9.64. The summed E-state index contributed by atoms with van der Waals surface area (Å²) in [4.78, 5) is 43.0. The lowest BCUT2D eigenvalue weighted by atomic mass is 9.96. The van der Waals surface area contributed by atoms with Crippen molar-refractivity contribution in [3.63, 3.8) is 0 Å². The lowest BCUT2D eigenvalue weighted by Crippen LogP contribution is -2.39. The molecule has 0 radical (unpaired) electrons. The van der Waals surface area contributed by atoms with Crippen LogP contribution in [0.15, 0.2) is 86.1 Å². The second-order valence-corrected chi connectivity index (χ2v) is 9.83. The number of allylic oxidation sites excluding steroid dienone is 1. The van der Waals surface area contributed by atoms with E-state index < -0.39 is 18.0 Å². The third kappa shape index (κ3) is 4.62. The van der Waals surface area contributed by atoms with Gasteiger partial charge in [-0.1, -0.05) is 53.3 Å². The number of fused-ring (bicyclic) bond motifs is 1. The van der Waals surface area contributed by atoms with Gasteiger partial charge >= 0.3 is 11.9 Å². The maximum absolute atomic E-state index is 13.7. The molecule has 0 amide bonds. The van der Waals surface area contributed by atoms with E-state index in [1.807, 2.05) is 30.3 Å². The van der Waals surface area contributed by atoms with E-state index in [0.29, 0.717) is 42.7 Å². The number of esters is 1. The van der Waals surface area contributed by atoms with Gasteiger partial charge in [0.2, 0.25) is 0 Å². The molecule has 1 atom stereocenters. The van der Waals surface area contributed by atoms with Crippen LogP contribution in [-0.2, 0) is 9.53 Å². The Morgan fingerprint density at radius 1 is 1.18 bits per heavy atom. The molecule has 0 saturated heterocycles. The van der Waals surface area contributed by atoms with Crippen LogP contribution >= 0.6 is 22.9 Å². The van der Waals surface area contributed by atoms with E-state index in [1.165, 1.54) is 34.1 Å². The molecule has 0 unspecified atom stereocenters. The Hall–Kier alpha value is -4.21. The number of thiazole rings is 1. The molecule has 38 heavy (non-hydrogen) atoms. The summed E-state index contributed by atoms with van der Waals surface area (Å²) < 4.78 is 13.1. The van der Waals surface area contributed by atoms with Gasteiger partial charge in [0, 0.05) is 11.6 Å². The summed E-state index contributed by atoms with van der Waals surface area (Å²) in [6.45, 7) is 3.65. The quantitative estimate of drug-likeness (QED) is 0.357. The summed E-state index contributed by atoms with van der Waals surface area (Å²) in [6.07, 6.45) is 1.59. The molecule has 0 fully saturated rings. The molecule has 10 heteroatoms. The van der Waals surface area contributed by atoms with Crippen molar-refractivity contribution in [2.24, 2.45) is 4.99 Å². The number of carbonyl (C=O) groups is 2. The van der Waals surface area contributed by atoms with Crippen LogP contribution in [-0.4, -0.2) is 28.2 Å². The number of aromatic carboxylic acids is 1. The molecule has 5 rings (SSSR count). The summed E-state index contributed by atoms with van der Waals surface area (Å²) in [5.41, 5.74) is 1.71. The van der Waals surface area contributed by atoms with Gasteiger partial charge in [0.25, 0.3) is 5.56 Å².